The lowest BCUT2D eigenvalue weighted by Crippen LogP contribution is -2.66. The van der Waals surface area contributed by atoms with Crippen LogP contribution in [0.2, 0.25) is 0 Å². The molecule has 0 radical (unpaired) electrons. The van der Waals surface area contributed by atoms with Crippen molar-refractivity contribution in [3.8, 4) is 0 Å². The molecule has 152 valence electrons. The zero-order chi connectivity index (χ0) is 19.6. The Labute approximate surface area is 157 Å². The maximum atomic E-state index is 11.4. The van der Waals surface area contributed by atoms with Gasteiger partial charge in [-0.05, 0) is 0 Å². The van der Waals surface area contributed by atoms with Gasteiger partial charge in [0.05, 0.1) is 12.7 Å². The number of ether oxygens (including phenoxy) is 3. The fourth-order valence-corrected chi connectivity index (χ4v) is 3.41. The molecular weight excluding hydrogens is 422 g/mol. The molecule has 11 nitrogen and oxygen atoms in total. The van der Waals surface area contributed by atoms with Gasteiger partial charge in [-0.25, -0.2) is 0 Å². The number of halogens is 1. The first-order valence-electron chi connectivity index (χ1n) is 8.01. The Morgan fingerprint density at radius 3 is 2.08 bits per heavy atom. The van der Waals surface area contributed by atoms with Crippen molar-refractivity contribution in [2.24, 2.45) is 0 Å². The van der Waals surface area contributed by atoms with Crippen LogP contribution in [0.3, 0.4) is 0 Å². The van der Waals surface area contributed by atoms with E-state index >= 15 is 0 Å². The Balaban J connectivity index is 2.18. The van der Waals surface area contributed by atoms with E-state index in [0.717, 1.165) is 0 Å². The minimum Gasteiger partial charge on any atom is -0.394 e. The molecule has 2 saturated heterocycles. The van der Waals surface area contributed by atoms with Crippen LogP contribution in [0.1, 0.15) is 6.92 Å². The predicted molar refractivity (Wildman–Crippen MR) is 86.9 cm³/mol. The number of carbonyl (C=O) groups excluding carboxylic acids is 1. The molecule has 12 heteroatoms. The van der Waals surface area contributed by atoms with Crippen molar-refractivity contribution in [1.82, 2.24) is 5.32 Å². The van der Waals surface area contributed by atoms with Crippen molar-refractivity contribution in [2.45, 2.75) is 68.3 Å². The van der Waals surface area contributed by atoms with E-state index < -0.39 is 73.9 Å². The van der Waals surface area contributed by atoms with Crippen molar-refractivity contribution in [2.75, 3.05) is 11.9 Å². The van der Waals surface area contributed by atoms with Crippen molar-refractivity contribution in [1.29, 1.82) is 0 Å². The maximum Gasteiger partial charge on any atom is 0.217 e. The average Bonchev–Trinajstić information content (AvgIpc) is 2.61. The summed E-state index contributed by atoms with van der Waals surface area (Å²) in [7, 11) is 0. The lowest BCUT2D eigenvalue weighted by Gasteiger charge is -2.46. The molecule has 0 aromatic carbocycles. The summed E-state index contributed by atoms with van der Waals surface area (Å²) in [5, 5.41) is 61.7. The van der Waals surface area contributed by atoms with Crippen LogP contribution in [-0.2, 0) is 19.0 Å². The Morgan fingerprint density at radius 2 is 1.54 bits per heavy atom. The molecule has 0 unspecified atom stereocenters. The van der Waals surface area contributed by atoms with Gasteiger partial charge in [-0.2, -0.15) is 0 Å². The van der Waals surface area contributed by atoms with E-state index in [1.807, 2.05) is 0 Å². The normalized spacial score (nSPS) is 46.8. The molecule has 2 heterocycles. The fraction of sp³-hybridized carbons (Fsp3) is 0.929. The number of nitrogens with one attached hydrogen (secondary N) is 1. The SMILES string of the molecule is CC(=O)N[C@@H]1[C@@H](O[C@@H]2O[C@H](CO)[C@H](O)[C@H](O)[C@H]2O)O[C@H](CBr)[C@@H](O)[C@@H]1O. The Morgan fingerprint density at radius 1 is 0.962 bits per heavy atom. The second-order valence-electron chi connectivity index (χ2n) is 6.24. The molecule has 0 aromatic rings. The molecule has 0 spiro atoms. The summed E-state index contributed by atoms with van der Waals surface area (Å²) in [6.45, 7) is 0.553. The molecule has 2 rings (SSSR count). The van der Waals surface area contributed by atoms with Gasteiger partial charge in [0.15, 0.2) is 12.6 Å². The lowest BCUT2D eigenvalue weighted by molar-refractivity contribution is -0.360. The summed E-state index contributed by atoms with van der Waals surface area (Å²) < 4.78 is 16.2. The quantitative estimate of drug-likeness (QED) is 0.207. The molecule has 2 fully saturated rings. The van der Waals surface area contributed by atoms with Gasteiger partial charge in [0.1, 0.15) is 42.7 Å². The minimum atomic E-state index is -1.68. The van der Waals surface area contributed by atoms with Crippen molar-refractivity contribution < 1.29 is 49.6 Å². The second-order valence-corrected chi connectivity index (χ2v) is 6.89. The monoisotopic (exact) mass is 445 g/mol. The molecule has 0 aliphatic carbocycles. The number of amides is 1. The van der Waals surface area contributed by atoms with Crippen LogP contribution in [0.25, 0.3) is 0 Å². The standard InChI is InChI=1S/C14H24BrNO10/c1-4(18)16-7-10(21)8(19)5(2-15)24-13(7)26-14-12(23)11(22)9(20)6(3-17)25-14/h5-14,17,19-23H,2-3H2,1H3,(H,16,18)/t5-,6-,7+,8-,9+,10-,11+,12-,13-,14+/m1/s1. The molecule has 7 N–H and O–H groups in total. The van der Waals surface area contributed by atoms with E-state index in [0.29, 0.717) is 0 Å². The van der Waals surface area contributed by atoms with E-state index in [9.17, 15) is 35.4 Å². The van der Waals surface area contributed by atoms with Crippen LogP contribution in [0.5, 0.6) is 0 Å². The van der Waals surface area contributed by atoms with Gasteiger partial charge in [0.25, 0.3) is 0 Å². The summed E-state index contributed by atoms with van der Waals surface area (Å²) in [6.07, 6.45) is -12.6. The zero-order valence-electron chi connectivity index (χ0n) is 13.9. The summed E-state index contributed by atoms with van der Waals surface area (Å²) >= 11 is 3.13. The van der Waals surface area contributed by atoms with Gasteiger partial charge in [-0.1, -0.05) is 15.9 Å². The number of carbonyl (C=O) groups is 1. The Kier molecular flexibility index (Phi) is 7.73. The van der Waals surface area contributed by atoms with E-state index in [1.165, 1.54) is 6.92 Å². The van der Waals surface area contributed by atoms with Crippen LogP contribution in [-0.4, -0.2) is 110 Å². The van der Waals surface area contributed by atoms with E-state index in [4.69, 9.17) is 14.2 Å². The molecule has 1 amide bonds. The first-order chi connectivity index (χ1) is 12.2. The minimum absolute atomic E-state index is 0.145. The topological polar surface area (TPSA) is 178 Å². The molecular formula is C14H24BrNO10. The van der Waals surface area contributed by atoms with Gasteiger partial charge in [0, 0.05) is 12.3 Å². The first kappa shape index (κ1) is 21.9. The zero-order valence-corrected chi connectivity index (χ0v) is 15.5. The number of aliphatic hydroxyl groups is 6. The molecule has 0 aromatic heterocycles. The molecule has 26 heavy (non-hydrogen) atoms. The van der Waals surface area contributed by atoms with Gasteiger partial charge in [-0.3, -0.25) is 4.79 Å². The molecule has 10 atom stereocenters. The Hall–Kier alpha value is -0.410. The van der Waals surface area contributed by atoms with Crippen molar-refractivity contribution in [3.05, 3.63) is 0 Å². The first-order valence-corrected chi connectivity index (χ1v) is 9.14. The number of rotatable bonds is 5. The average molecular weight is 446 g/mol. The lowest BCUT2D eigenvalue weighted by atomic mass is 9.97. The number of alkyl halides is 1. The van der Waals surface area contributed by atoms with Crippen LogP contribution < -0.4 is 5.32 Å². The highest BCUT2D eigenvalue weighted by molar-refractivity contribution is 9.09. The third-order valence-corrected chi connectivity index (χ3v) is 4.98. The second kappa shape index (κ2) is 9.19. The van der Waals surface area contributed by atoms with Crippen LogP contribution in [0, 0.1) is 0 Å². The fourth-order valence-electron chi connectivity index (χ4n) is 2.88. The van der Waals surface area contributed by atoms with E-state index in [-0.39, 0.29) is 5.33 Å². The highest BCUT2D eigenvalue weighted by Crippen LogP contribution is 2.28. The number of aliphatic hydroxyl groups excluding tert-OH is 6. The van der Waals surface area contributed by atoms with Crippen LogP contribution >= 0.6 is 15.9 Å². The van der Waals surface area contributed by atoms with Crippen molar-refractivity contribution in [3.63, 3.8) is 0 Å². The highest BCUT2D eigenvalue weighted by atomic mass is 79.9. The largest absolute Gasteiger partial charge is 0.394 e. The summed E-state index contributed by atoms with van der Waals surface area (Å²) in [6, 6.07) is -1.19. The predicted octanol–water partition coefficient (Wildman–Crippen LogP) is -3.85. The summed E-state index contributed by atoms with van der Waals surface area (Å²) in [5.41, 5.74) is 0. The molecule has 0 saturated carbocycles. The van der Waals surface area contributed by atoms with Crippen LogP contribution in [0.4, 0.5) is 0 Å². The van der Waals surface area contributed by atoms with Gasteiger partial charge in [-0.15, -0.1) is 0 Å². The maximum absolute atomic E-state index is 11.4. The van der Waals surface area contributed by atoms with Crippen molar-refractivity contribution >= 4 is 21.8 Å². The van der Waals surface area contributed by atoms with Gasteiger partial charge >= 0.3 is 0 Å². The molecule has 2 aliphatic rings. The van der Waals surface area contributed by atoms with Gasteiger partial charge in [0.2, 0.25) is 5.91 Å². The smallest absolute Gasteiger partial charge is 0.217 e. The van der Waals surface area contributed by atoms with Gasteiger partial charge < -0.3 is 50.2 Å². The molecule has 0 bridgehead atoms. The third kappa shape index (κ3) is 4.52. The number of hydrogen-bond donors (Lipinski definition) is 7. The number of hydrogen-bond acceptors (Lipinski definition) is 10. The Bertz CT molecular complexity index is 483. The van der Waals surface area contributed by atoms with E-state index in [1.54, 1.807) is 0 Å². The third-order valence-electron chi connectivity index (χ3n) is 4.34. The highest BCUT2D eigenvalue weighted by Gasteiger charge is 2.50. The summed E-state index contributed by atoms with van der Waals surface area (Å²) in [5.74, 6) is -0.524. The van der Waals surface area contributed by atoms with E-state index in [2.05, 4.69) is 21.2 Å². The van der Waals surface area contributed by atoms with Crippen LogP contribution in [0.15, 0.2) is 0 Å². The molecule has 2 aliphatic heterocycles. The summed E-state index contributed by atoms with van der Waals surface area (Å²) in [4.78, 5) is 11.4.